The fraction of sp³-hybridized carbons (Fsp3) is 0.526. The summed E-state index contributed by atoms with van der Waals surface area (Å²) in [5.41, 5.74) is 0.158. The third kappa shape index (κ3) is 4.42. The molecule has 3 rings (SSSR count). The van der Waals surface area contributed by atoms with Gasteiger partial charge in [0, 0.05) is 25.2 Å². The third-order valence-corrected chi connectivity index (χ3v) is 5.25. The number of amides is 1. The second-order valence-corrected chi connectivity index (χ2v) is 6.87. The quantitative estimate of drug-likeness (QED) is 0.806. The summed E-state index contributed by atoms with van der Waals surface area (Å²) < 4.78 is 1.15. The van der Waals surface area contributed by atoms with E-state index in [0.29, 0.717) is 28.9 Å². The van der Waals surface area contributed by atoms with Crippen LogP contribution in [0.5, 0.6) is 0 Å². The molecule has 0 radical (unpaired) electrons. The van der Waals surface area contributed by atoms with E-state index in [-0.39, 0.29) is 23.9 Å². The van der Waals surface area contributed by atoms with Crippen LogP contribution in [0.1, 0.15) is 36.5 Å². The molecule has 0 spiro atoms. The van der Waals surface area contributed by atoms with Gasteiger partial charge < -0.3 is 15.2 Å². The number of aromatic amines is 1. The molecule has 8 heteroatoms. The SMILES string of the molecule is CCn1c(=O)[nH]c2cc(C(=O)N3CCC(CCNC)CC3)ccc2c1=O.Cl. The Kier molecular flexibility index (Phi) is 7.21. The Morgan fingerprint density at radius 1 is 1.26 bits per heavy atom. The molecule has 2 heterocycles. The Morgan fingerprint density at radius 3 is 2.59 bits per heavy atom. The Bertz CT molecular complexity index is 913. The number of nitrogens with one attached hydrogen (secondary N) is 2. The second-order valence-electron chi connectivity index (χ2n) is 6.87. The highest BCUT2D eigenvalue weighted by Gasteiger charge is 2.23. The summed E-state index contributed by atoms with van der Waals surface area (Å²) in [5, 5.41) is 3.60. The number of hydrogen-bond donors (Lipinski definition) is 2. The highest BCUT2D eigenvalue weighted by Crippen LogP contribution is 2.22. The number of carbonyl (C=O) groups excluding carboxylic acids is 1. The summed E-state index contributed by atoms with van der Waals surface area (Å²) in [6.45, 7) is 4.57. The van der Waals surface area contributed by atoms with Crippen LogP contribution in [0.2, 0.25) is 0 Å². The van der Waals surface area contributed by atoms with Crippen molar-refractivity contribution in [3.63, 3.8) is 0 Å². The van der Waals surface area contributed by atoms with Gasteiger partial charge in [-0.25, -0.2) is 4.79 Å². The molecule has 1 aliphatic heterocycles. The van der Waals surface area contributed by atoms with E-state index in [2.05, 4.69) is 10.3 Å². The molecule has 1 aromatic carbocycles. The molecule has 7 nitrogen and oxygen atoms in total. The van der Waals surface area contributed by atoms with Crippen LogP contribution in [0.3, 0.4) is 0 Å². The lowest BCUT2D eigenvalue weighted by Crippen LogP contribution is -2.39. The first kappa shape index (κ1) is 21.2. The van der Waals surface area contributed by atoms with E-state index in [1.165, 1.54) is 0 Å². The lowest BCUT2D eigenvalue weighted by atomic mass is 9.93. The van der Waals surface area contributed by atoms with Crippen LogP contribution in [0.4, 0.5) is 0 Å². The number of hydrogen-bond acceptors (Lipinski definition) is 4. The van der Waals surface area contributed by atoms with E-state index >= 15 is 0 Å². The minimum atomic E-state index is -0.444. The molecule has 27 heavy (non-hydrogen) atoms. The summed E-state index contributed by atoms with van der Waals surface area (Å²) in [5.74, 6) is 0.617. The van der Waals surface area contributed by atoms with Gasteiger partial charge in [-0.2, -0.15) is 0 Å². The zero-order valence-electron chi connectivity index (χ0n) is 15.8. The van der Waals surface area contributed by atoms with Crippen molar-refractivity contribution >= 4 is 29.2 Å². The van der Waals surface area contributed by atoms with Crippen molar-refractivity contribution in [2.75, 3.05) is 26.7 Å². The van der Waals surface area contributed by atoms with Crippen molar-refractivity contribution < 1.29 is 4.79 Å². The zero-order valence-corrected chi connectivity index (χ0v) is 16.6. The Hall–Kier alpha value is -2.12. The highest BCUT2D eigenvalue weighted by molar-refractivity contribution is 5.97. The summed E-state index contributed by atoms with van der Waals surface area (Å²) in [6.07, 6.45) is 3.16. The number of aromatic nitrogens is 2. The molecule has 0 bridgehead atoms. The number of rotatable bonds is 5. The number of carbonyl (C=O) groups is 1. The van der Waals surface area contributed by atoms with Crippen molar-refractivity contribution in [1.82, 2.24) is 19.8 Å². The molecule has 0 saturated carbocycles. The number of likely N-dealkylation sites (tertiary alicyclic amines) is 1. The number of H-pyrrole nitrogens is 1. The van der Waals surface area contributed by atoms with Gasteiger partial charge in [0.2, 0.25) is 0 Å². The van der Waals surface area contributed by atoms with Crippen LogP contribution >= 0.6 is 12.4 Å². The lowest BCUT2D eigenvalue weighted by molar-refractivity contribution is 0.0687. The number of piperidine rings is 1. The van der Waals surface area contributed by atoms with Gasteiger partial charge in [0.05, 0.1) is 10.9 Å². The average Bonchev–Trinajstić information content (AvgIpc) is 2.66. The van der Waals surface area contributed by atoms with Crippen molar-refractivity contribution in [2.45, 2.75) is 32.7 Å². The summed E-state index contributed by atoms with van der Waals surface area (Å²) >= 11 is 0. The van der Waals surface area contributed by atoms with Gasteiger partial charge in [-0.1, -0.05) is 0 Å². The number of nitrogens with zero attached hydrogens (tertiary/aromatic N) is 2. The zero-order chi connectivity index (χ0) is 18.7. The van der Waals surface area contributed by atoms with E-state index in [1.54, 1.807) is 25.1 Å². The summed E-state index contributed by atoms with van der Waals surface area (Å²) in [4.78, 5) is 41.7. The monoisotopic (exact) mass is 394 g/mol. The summed E-state index contributed by atoms with van der Waals surface area (Å²) in [6, 6.07) is 4.93. The molecule has 1 fully saturated rings. The van der Waals surface area contributed by atoms with Crippen LogP contribution in [0.25, 0.3) is 10.9 Å². The molecular formula is C19H27ClN4O3. The minimum absolute atomic E-state index is 0. The van der Waals surface area contributed by atoms with Gasteiger partial charge in [-0.05, 0) is 63.9 Å². The van der Waals surface area contributed by atoms with Crippen LogP contribution in [0.15, 0.2) is 27.8 Å². The minimum Gasteiger partial charge on any atom is -0.339 e. The van der Waals surface area contributed by atoms with E-state index in [4.69, 9.17) is 0 Å². The van der Waals surface area contributed by atoms with E-state index in [1.807, 2.05) is 11.9 Å². The van der Waals surface area contributed by atoms with Crippen LogP contribution in [-0.2, 0) is 6.54 Å². The predicted octanol–water partition coefficient (Wildman–Crippen LogP) is 1.59. The van der Waals surface area contributed by atoms with E-state index in [9.17, 15) is 14.4 Å². The molecular weight excluding hydrogens is 368 g/mol. The molecule has 1 saturated heterocycles. The number of halogens is 1. The smallest absolute Gasteiger partial charge is 0.328 e. The fourth-order valence-corrected chi connectivity index (χ4v) is 3.63. The van der Waals surface area contributed by atoms with Gasteiger partial charge in [-0.15, -0.1) is 12.4 Å². The maximum Gasteiger partial charge on any atom is 0.328 e. The predicted molar refractivity (Wildman–Crippen MR) is 109 cm³/mol. The standard InChI is InChI=1S/C19H26N4O3.ClH/c1-3-23-18(25)15-5-4-14(12-16(15)21-19(23)26)17(24)22-10-7-13(8-11-22)6-9-20-2;/h4-5,12-13,20H,3,6-11H2,1-2H3,(H,21,26);1H. The number of fused-ring (bicyclic) bond motifs is 1. The molecule has 1 aromatic heterocycles. The van der Waals surface area contributed by atoms with Gasteiger partial charge in [0.25, 0.3) is 11.5 Å². The first-order chi connectivity index (χ1) is 12.5. The number of benzene rings is 1. The molecule has 2 aromatic rings. The molecule has 0 atom stereocenters. The van der Waals surface area contributed by atoms with Crippen LogP contribution < -0.4 is 16.6 Å². The lowest BCUT2D eigenvalue weighted by Gasteiger charge is -2.32. The van der Waals surface area contributed by atoms with Crippen molar-refractivity contribution in [2.24, 2.45) is 5.92 Å². The van der Waals surface area contributed by atoms with Gasteiger partial charge in [-0.3, -0.25) is 14.2 Å². The average molecular weight is 395 g/mol. The van der Waals surface area contributed by atoms with Crippen LogP contribution in [0, 0.1) is 5.92 Å². The first-order valence-electron chi connectivity index (χ1n) is 9.26. The van der Waals surface area contributed by atoms with Crippen LogP contribution in [-0.4, -0.2) is 47.0 Å². The maximum atomic E-state index is 12.8. The normalized spacial score (nSPS) is 15.0. The maximum absolute atomic E-state index is 12.8. The van der Waals surface area contributed by atoms with Gasteiger partial charge in [0.1, 0.15) is 0 Å². The van der Waals surface area contributed by atoms with Crippen molar-refractivity contribution in [3.05, 3.63) is 44.6 Å². The first-order valence-corrected chi connectivity index (χ1v) is 9.26. The molecule has 0 aliphatic carbocycles. The molecule has 2 N–H and O–H groups in total. The molecule has 0 unspecified atom stereocenters. The largest absolute Gasteiger partial charge is 0.339 e. The Morgan fingerprint density at radius 2 is 1.96 bits per heavy atom. The summed E-state index contributed by atoms with van der Waals surface area (Å²) in [7, 11) is 1.96. The van der Waals surface area contributed by atoms with Gasteiger partial charge >= 0.3 is 5.69 Å². The Labute approximate surface area is 164 Å². The Balaban J connectivity index is 0.00000261. The van der Waals surface area contributed by atoms with Crippen molar-refractivity contribution in [3.8, 4) is 0 Å². The van der Waals surface area contributed by atoms with E-state index in [0.717, 1.165) is 43.5 Å². The molecule has 1 aliphatic rings. The molecule has 148 valence electrons. The fourth-order valence-electron chi connectivity index (χ4n) is 3.63. The van der Waals surface area contributed by atoms with Crippen molar-refractivity contribution in [1.29, 1.82) is 0 Å². The van der Waals surface area contributed by atoms with Gasteiger partial charge in [0.15, 0.2) is 0 Å². The third-order valence-electron chi connectivity index (χ3n) is 5.25. The topological polar surface area (TPSA) is 87.2 Å². The molecule has 1 amide bonds. The van der Waals surface area contributed by atoms with E-state index < -0.39 is 5.69 Å². The highest BCUT2D eigenvalue weighted by atomic mass is 35.5. The second kappa shape index (κ2) is 9.19.